The molecule has 3 heterocycles. The molecule has 2 atom stereocenters. The Morgan fingerprint density at radius 3 is 2.78 bits per heavy atom. The van der Waals surface area contributed by atoms with Crippen molar-refractivity contribution in [1.29, 1.82) is 0 Å². The van der Waals surface area contributed by atoms with Gasteiger partial charge in [-0.05, 0) is 30.8 Å². The second-order valence-corrected chi connectivity index (χ2v) is 7.18. The summed E-state index contributed by atoms with van der Waals surface area (Å²) in [5.41, 5.74) is 0.623. The first kappa shape index (κ1) is 18.1. The number of nitrogens with zero attached hydrogens (tertiary/aromatic N) is 1. The highest BCUT2D eigenvalue weighted by molar-refractivity contribution is 6.44. The second kappa shape index (κ2) is 7.03. The molecule has 0 bridgehead atoms. The first-order valence-electron chi connectivity index (χ1n) is 9.03. The summed E-state index contributed by atoms with van der Waals surface area (Å²) in [5.74, 6) is -0.953. The van der Waals surface area contributed by atoms with Crippen LogP contribution in [0.4, 0.5) is 0 Å². The zero-order chi connectivity index (χ0) is 19.1. The van der Waals surface area contributed by atoms with E-state index in [0.29, 0.717) is 38.8 Å². The summed E-state index contributed by atoms with van der Waals surface area (Å²) in [6.45, 7) is 1.12. The Hall–Kier alpha value is -2.30. The molecule has 0 aromatic heterocycles. The molecule has 27 heavy (non-hydrogen) atoms. The van der Waals surface area contributed by atoms with Crippen LogP contribution in [-0.4, -0.2) is 77.0 Å². The molecule has 2 fully saturated rings. The first-order valence-corrected chi connectivity index (χ1v) is 9.03. The van der Waals surface area contributed by atoms with Gasteiger partial charge in [0.25, 0.3) is 0 Å². The molecule has 9 nitrogen and oxygen atoms in total. The molecule has 2 saturated heterocycles. The molecule has 3 aliphatic heterocycles. The molecule has 0 saturated carbocycles. The van der Waals surface area contributed by atoms with Gasteiger partial charge in [-0.3, -0.25) is 4.79 Å². The fraction of sp³-hybridized carbons (Fsp3) is 0.529. The Morgan fingerprint density at radius 2 is 2.11 bits per heavy atom. The van der Waals surface area contributed by atoms with Gasteiger partial charge in [-0.25, -0.2) is 4.79 Å². The van der Waals surface area contributed by atoms with E-state index in [9.17, 15) is 24.8 Å². The van der Waals surface area contributed by atoms with Crippen molar-refractivity contribution in [3.63, 3.8) is 0 Å². The van der Waals surface area contributed by atoms with Crippen LogP contribution in [0.1, 0.15) is 22.3 Å². The zero-order valence-corrected chi connectivity index (χ0v) is 14.6. The number of aromatic carboxylic acids is 1. The molecule has 10 heteroatoms. The predicted molar refractivity (Wildman–Crippen MR) is 93.9 cm³/mol. The van der Waals surface area contributed by atoms with E-state index >= 15 is 0 Å². The van der Waals surface area contributed by atoms with Crippen LogP contribution in [0, 0.1) is 0 Å². The SMILES string of the molecule is O=C(O)c1c(OC2CN(C(=O)[C@@H]3CC(O)CN3)C2)ccc2c1OB(O)CC2. The number of rotatable bonds is 4. The number of benzene rings is 1. The molecule has 0 spiro atoms. The lowest BCUT2D eigenvalue weighted by atomic mass is 9.78. The van der Waals surface area contributed by atoms with Gasteiger partial charge in [0.1, 0.15) is 23.2 Å². The lowest BCUT2D eigenvalue weighted by molar-refractivity contribution is -0.142. The Bertz CT molecular complexity index is 768. The zero-order valence-electron chi connectivity index (χ0n) is 14.6. The first-order chi connectivity index (χ1) is 12.9. The highest BCUT2D eigenvalue weighted by Gasteiger charge is 2.39. The number of β-amino-alcohol motifs (C(OH)–C–C–N with tert-alkyl or cyclic N) is 1. The van der Waals surface area contributed by atoms with Gasteiger partial charge in [-0.1, -0.05) is 6.07 Å². The van der Waals surface area contributed by atoms with Crippen molar-refractivity contribution in [2.45, 2.75) is 37.4 Å². The van der Waals surface area contributed by atoms with Crippen LogP contribution < -0.4 is 14.7 Å². The molecular formula is C17H21BN2O7. The number of hydrogen-bond acceptors (Lipinski definition) is 7. The van der Waals surface area contributed by atoms with Crippen LogP contribution in [0.3, 0.4) is 0 Å². The van der Waals surface area contributed by atoms with E-state index in [-0.39, 0.29) is 35.1 Å². The van der Waals surface area contributed by atoms with E-state index < -0.39 is 19.2 Å². The number of carbonyl (C=O) groups is 2. The van der Waals surface area contributed by atoms with Crippen LogP contribution in [0.2, 0.25) is 6.32 Å². The van der Waals surface area contributed by atoms with Gasteiger partial charge in [0, 0.05) is 6.54 Å². The van der Waals surface area contributed by atoms with Crippen LogP contribution >= 0.6 is 0 Å². The summed E-state index contributed by atoms with van der Waals surface area (Å²) in [5, 5.41) is 31.8. The van der Waals surface area contributed by atoms with Crippen LogP contribution in [0.5, 0.6) is 11.5 Å². The smallest absolute Gasteiger partial charge is 0.522 e. The molecule has 0 radical (unpaired) electrons. The molecule has 4 rings (SSSR count). The summed E-state index contributed by atoms with van der Waals surface area (Å²) in [6.07, 6.45) is 0.522. The Morgan fingerprint density at radius 1 is 1.33 bits per heavy atom. The maximum atomic E-state index is 12.3. The van der Waals surface area contributed by atoms with Crippen molar-refractivity contribution in [3.05, 3.63) is 23.3 Å². The number of carboxylic acid groups (broad SMARTS) is 1. The maximum absolute atomic E-state index is 12.3. The summed E-state index contributed by atoms with van der Waals surface area (Å²) >= 11 is 0. The van der Waals surface area contributed by atoms with Gasteiger partial charge < -0.3 is 34.8 Å². The third kappa shape index (κ3) is 3.47. The van der Waals surface area contributed by atoms with Crippen LogP contribution in [0.15, 0.2) is 12.1 Å². The molecule has 1 aromatic rings. The molecule has 0 aliphatic carbocycles. The number of carbonyl (C=O) groups excluding carboxylic acids is 1. The summed E-state index contributed by atoms with van der Waals surface area (Å²) in [6, 6.07) is 2.96. The lowest BCUT2D eigenvalue weighted by Gasteiger charge is -2.40. The Kier molecular flexibility index (Phi) is 4.71. The van der Waals surface area contributed by atoms with Gasteiger partial charge >= 0.3 is 13.1 Å². The number of aliphatic hydroxyl groups excluding tert-OH is 1. The highest BCUT2D eigenvalue weighted by atomic mass is 16.5. The number of aryl methyl sites for hydroxylation is 1. The maximum Gasteiger partial charge on any atom is 0.522 e. The summed E-state index contributed by atoms with van der Waals surface area (Å²) < 4.78 is 11.1. The van der Waals surface area contributed by atoms with E-state index in [0.717, 1.165) is 5.56 Å². The minimum atomic E-state index is -1.19. The number of ether oxygens (including phenoxy) is 1. The quantitative estimate of drug-likeness (QED) is 0.499. The minimum Gasteiger partial charge on any atom is -0.535 e. The summed E-state index contributed by atoms with van der Waals surface area (Å²) in [7, 11) is -1.03. The van der Waals surface area contributed by atoms with Crippen molar-refractivity contribution in [1.82, 2.24) is 10.2 Å². The fourth-order valence-corrected chi connectivity index (χ4v) is 3.71. The molecule has 144 valence electrons. The third-order valence-electron chi connectivity index (χ3n) is 5.19. The third-order valence-corrected chi connectivity index (χ3v) is 5.19. The topological polar surface area (TPSA) is 129 Å². The average Bonchev–Trinajstić information content (AvgIpc) is 3.02. The fourth-order valence-electron chi connectivity index (χ4n) is 3.71. The van der Waals surface area contributed by atoms with Crippen molar-refractivity contribution in [3.8, 4) is 11.5 Å². The standard InChI is InChI=1S/C17H21BN2O7/c21-10-5-12(19-6-10)16(22)20-7-11(8-20)26-13-2-1-9-3-4-18(25)27-15(9)14(13)17(23)24/h1-2,10-12,19,21,25H,3-8H2,(H,23,24)/t10?,12-/m0/s1. The van der Waals surface area contributed by atoms with Crippen LogP contribution in [-0.2, 0) is 11.2 Å². The van der Waals surface area contributed by atoms with Crippen LogP contribution in [0.25, 0.3) is 0 Å². The van der Waals surface area contributed by atoms with Gasteiger partial charge in [0.05, 0.1) is 25.2 Å². The van der Waals surface area contributed by atoms with Crippen molar-refractivity contribution < 1.29 is 34.2 Å². The molecular weight excluding hydrogens is 355 g/mol. The van der Waals surface area contributed by atoms with Gasteiger partial charge in [-0.2, -0.15) is 0 Å². The number of fused-ring (bicyclic) bond motifs is 1. The largest absolute Gasteiger partial charge is 0.535 e. The second-order valence-electron chi connectivity index (χ2n) is 7.18. The van der Waals surface area contributed by atoms with E-state index in [4.69, 9.17) is 9.39 Å². The number of hydrogen-bond donors (Lipinski definition) is 4. The predicted octanol–water partition coefficient (Wildman–Crippen LogP) is -0.887. The van der Waals surface area contributed by atoms with E-state index in [1.807, 2.05) is 0 Å². The number of nitrogens with one attached hydrogen (secondary N) is 1. The molecule has 1 amide bonds. The van der Waals surface area contributed by atoms with E-state index in [2.05, 4.69) is 5.32 Å². The van der Waals surface area contributed by atoms with Gasteiger partial charge in [0.15, 0.2) is 0 Å². The van der Waals surface area contributed by atoms with Crippen molar-refractivity contribution >= 4 is 19.0 Å². The monoisotopic (exact) mass is 376 g/mol. The minimum absolute atomic E-state index is 0.0817. The highest BCUT2D eigenvalue weighted by Crippen LogP contribution is 2.37. The summed E-state index contributed by atoms with van der Waals surface area (Å²) in [4.78, 5) is 25.7. The number of carboxylic acids is 1. The average molecular weight is 376 g/mol. The molecule has 1 aromatic carbocycles. The molecule has 1 unspecified atom stereocenters. The lowest BCUT2D eigenvalue weighted by Crippen LogP contribution is -2.59. The molecule has 4 N–H and O–H groups in total. The van der Waals surface area contributed by atoms with E-state index in [1.165, 1.54) is 0 Å². The Balaban J connectivity index is 1.43. The Labute approximate surface area is 156 Å². The number of amides is 1. The van der Waals surface area contributed by atoms with E-state index in [1.54, 1.807) is 17.0 Å². The van der Waals surface area contributed by atoms with Gasteiger partial charge in [-0.15, -0.1) is 0 Å². The normalized spacial score (nSPS) is 24.8. The van der Waals surface area contributed by atoms with Gasteiger partial charge in [0.2, 0.25) is 5.91 Å². The number of aliphatic hydroxyl groups is 1. The number of likely N-dealkylation sites (tertiary alicyclic amines) is 1. The van der Waals surface area contributed by atoms with Crippen molar-refractivity contribution in [2.75, 3.05) is 19.6 Å². The molecule has 3 aliphatic rings. The van der Waals surface area contributed by atoms with Crippen molar-refractivity contribution in [2.24, 2.45) is 0 Å².